The van der Waals surface area contributed by atoms with Crippen molar-refractivity contribution >= 4 is 47.5 Å². The van der Waals surface area contributed by atoms with Crippen LogP contribution in [0.15, 0.2) is 46.4 Å². The lowest BCUT2D eigenvalue weighted by Crippen LogP contribution is -2.41. The maximum absolute atomic E-state index is 5.60. The Hall–Kier alpha value is -1.52. The van der Waals surface area contributed by atoms with Crippen LogP contribution in [0.5, 0.6) is 0 Å². The molecule has 1 aliphatic heterocycles. The summed E-state index contributed by atoms with van der Waals surface area (Å²) in [4.78, 5) is 12.5. The quantitative estimate of drug-likeness (QED) is 0.251. The Bertz CT molecular complexity index is 831. The maximum atomic E-state index is 5.60. The van der Waals surface area contributed by atoms with Crippen molar-refractivity contribution in [2.75, 3.05) is 37.9 Å². The van der Waals surface area contributed by atoms with E-state index in [1.807, 2.05) is 6.20 Å². The fourth-order valence-corrected chi connectivity index (χ4v) is 4.02. The second-order valence-corrected chi connectivity index (χ2v) is 8.09. The summed E-state index contributed by atoms with van der Waals surface area (Å²) in [6, 6.07) is 10.8. The molecule has 1 atom stereocenters. The van der Waals surface area contributed by atoms with Gasteiger partial charge in [-0.1, -0.05) is 18.2 Å². The van der Waals surface area contributed by atoms with Gasteiger partial charge in [0.15, 0.2) is 5.96 Å². The zero-order valence-electron chi connectivity index (χ0n) is 18.1. The highest BCUT2D eigenvalue weighted by Gasteiger charge is 2.17. The standard InChI is InChI=1S/C22H31N5OS.HI/c1-16-5-7-19(20(11-16)29-4)14-26-22(23-3)25-13-18-6-8-21(24-12-18)27-9-10-28-17(2)15-27;/h5-8,11-12,17H,9-10,13-15H2,1-4H3,(H2,23,25,26);1H. The van der Waals surface area contributed by atoms with Gasteiger partial charge in [0.1, 0.15) is 5.82 Å². The molecule has 2 N–H and O–H groups in total. The molecule has 0 aliphatic carbocycles. The van der Waals surface area contributed by atoms with Gasteiger partial charge in [0.2, 0.25) is 0 Å². The molecule has 1 saturated heterocycles. The maximum Gasteiger partial charge on any atom is 0.191 e. The highest BCUT2D eigenvalue weighted by atomic mass is 127. The summed E-state index contributed by atoms with van der Waals surface area (Å²) < 4.78 is 5.60. The Labute approximate surface area is 201 Å². The van der Waals surface area contributed by atoms with Crippen molar-refractivity contribution < 1.29 is 4.74 Å². The molecule has 0 radical (unpaired) electrons. The largest absolute Gasteiger partial charge is 0.375 e. The van der Waals surface area contributed by atoms with Crippen LogP contribution in [-0.2, 0) is 17.8 Å². The number of ether oxygens (including phenoxy) is 1. The molecule has 0 spiro atoms. The Morgan fingerprint density at radius 3 is 2.73 bits per heavy atom. The normalized spacial score (nSPS) is 16.7. The number of hydrogen-bond donors (Lipinski definition) is 2. The van der Waals surface area contributed by atoms with Crippen LogP contribution in [0.3, 0.4) is 0 Å². The molecule has 1 fully saturated rings. The van der Waals surface area contributed by atoms with Crippen LogP contribution in [0.1, 0.15) is 23.6 Å². The summed E-state index contributed by atoms with van der Waals surface area (Å²) in [5.74, 6) is 1.79. The van der Waals surface area contributed by atoms with Crippen LogP contribution >= 0.6 is 35.7 Å². The van der Waals surface area contributed by atoms with Crippen molar-refractivity contribution in [1.82, 2.24) is 15.6 Å². The molecule has 1 aromatic carbocycles. The van der Waals surface area contributed by atoms with E-state index in [0.29, 0.717) is 6.54 Å². The molecular weight excluding hydrogens is 509 g/mol. The number of pyridine rings is 1. The minimum atomic E-state index is 0. The van der Waals surface area contributed by atoms with E-state index < -0.39 is 0 Å². The monoisotopic (exact) mass is 541 g/mol. The smallest absolute Gasteiger partial charge is 0.191 e. The van der Waals surface area contributed by atoms with Crippen molar-refractivity contribution in [3.05, 3.63) is 53.2 Å². The Morgan fingerprint density at radius 2 is 2.07 bits per heavy atom. The van der Waals surface area contributed by atoms with Crippen molar-refractivity contribution in [3.63, 3.8) is 0 Å². The zero-order chi connectivity index (χ0) is 20.6. The topological polar surface area (TPSA) is 61.8 Å². The lowest BCUT2D eigenvalue weighted by molar-refractivity contribution is 0.0529. The van der Waals surface area contributed by atoms with Gasteiger partial charge < -0.3 is 20.3 Å². The molecule has 2 aromatic rings. The number of aliphatic imine (C=N–C) groups is 1. The van der Waals surface area contributed by atoms with Gasteiger partial charge in [-0.15, -0.1) is 35.7 Å². The summed E-state index contributed by atoms with van der Waals surface area (Å²) >= 11 is 1.77. The first-order chi connectivity index (χ1) is 14.1. The fraction of sp³-hybridized carbons (Fsp3) is 0.455. The van der Waals surface area contributed by atoms with E-state index in [1.54, 1.807) is 18.8 Å². The van der Waals surface area contributed by atoms with E-state index in [0.717, 1.165) is 43.6 Å². The summed E-state index contributed by atoms with van der Waals surface area (Å²) in [5.41, 5.74) is 3.68. The number of rotatable bonds is 6. The molecule has 0 bridgehead atoms. The summed E-state index contributed by atoms with van der Waals surface area (Å²) in [6.45, 7) is 8.17. The van der Waals surface area contributed by atoms with E-state index in [4.69, 9.17) is 4.74 Å². The predicted molar refractivity (Wildman–Crippen MR) is 137 cm³/mol. The molecule has 3 rings (SSSR count). The van der Waals surface area contributed by atoms with Crippen LogP contribution in [0, 0.1) is 6.92 Å². The molecule has 8 heteroatoms. The van der Waals surface area contributed by atoms with Crippen LogP contribution < -0.4 is 15.5 Å². The molecule has 30 heavy (non-hydrogen) atoms. The number of anilines is 1. The van der Waals surface area contributed by atoms with E-state index in [1.165, 1.54) is 16.0 Å². The van der Waals surface area contributed by atoms with Crippen molar-refractivity contribution in [3.8, 4) is 0 Å². The average Bonchev–Trinajstić information content (AvgIpc) is 2.75. The lowest BCUT2D eigenvalue weighted by Gasteiger charge is -2.32. The first-order valence-corrected chi connectivity index (χ1v) is 11.2. The number of thioether (sulfide) groups is 1. The number of hydrogen-bond acceptors (Lipinski definition) is 5. The van der Waals surface area contributed by atoms with Gasteiger partial charge in [-0.3, -0.25) is 4.99 Å². The van der Waals surface area contributed by atoms with Crippen molar-refractivity contribution in [2.24, 2.45) is 4.99 Å². The molecule has 0 saturated carbocycles. The lowest BCUT2D eigenvalue weighted by atomic mass is 10.1. The fourth-order valence-electron chi connectivity index (χ4n) is 3.32. The van der Waals surface area contributed by atoms with Gasteiger partial charge in [-0.05, 0) is 48.9 Å². The minimum absolute atomic E-state index is 0. The number of halogens is 1. The molecule has 2 heterocycles. The van der Waals surface area contributed by atoms with Crippen LogP contribution in [0.25, 0.3) is 0 Å². The number of nitrogens with zero attached hydrogens (tertiary/aromatic N) is 3. The van der Waals surface area contributed by atoms with Crippen LogP contribution in [-0.4, -0.2) is 50.0 Å². The number of morpholine rings is 1. The third kappa shape index (κ3) is 7.02. The van der Waals surface area contributed by atoms with Gasteiger partial charge in [-0.2, -0.15) is 0 Å². The molecule has 1 unspecified atom stereocenters. The Morgan fingerprint density at radius 1 is 1.27 bits per heavy atom. The third-order valence-corrected chi connectivity index (χ3v) is 5.77. The summed E-state index contributed by atoms with van der Waals surface area (Å²) in [5, 5.41) is 6.77. The number of nitrogens with one attached hydrogen (secondary N) is 2. The SMILES string of the molecule is CN=C(NCc1ccc(N2CCOC(C)C2)nc1)NCc1ccc(C)cc1SC.I. The van der Waals surface area contributed by atoms with Gasteiger partial charge in [0, 0.05) is 44.3 Å². The number of benzene rings is 1. The predicted octanol–water partition coefficient (Wildman–Crippen LogP) is 3.82. The van der Waals surface area contributed by atoms with Crippen LogP contribution in [0.2, 0.25) is 0 Å². The van der Waals surface area contributed by atoms with Gasteiger partial charge in [-0.25, -0.2) is 4.98 Å². The number of aromatic nitrogens is 1. The Balaban J connectivity index is 0.00000320. The van der Waals surface area contributed by atoms with Crippen molar-refractivity contribution in [2.45, 2.75) is 37.9 Å². The van der Waals surface area contributed by atoms with Crippen molar-refractivity contribution in [1.29, 1.82) is 0 Å². The number of guanidine groups is 1. The number of aryl methyl sites for hydroxylation is 1. The van der Waals surface area contributed by atoms with Gasteiger partial charge >= 0.3 is 0 Å². The summed E-state index contributed by atoms with van der Waals surface area (Å²) in [6.07, 6.45) is 4.29. The molecule has 6 nitrogen and oxygen atoms in total. The van der Waals surface area contributed by atoms with E-state index in [-0.39, 0.29) is 30.1 Å². The molecule has 1 aliphatic rings. The second kappa shape index (κ2) is 12.4. The molecular formula is C22H32IN5OS. The van der Waals surface area contributed by atoms with E-state index >= 15 is 0 Å². The van der Waals surface area contributed by atoms with Crippen LogP contribution in [0.4, 0.5) is 5.82 Å². The van der Waals surface area contributed by atoms with Gasteiger partial charge in [0.25, 0.3) is 0 Å². The minimum Gasteiger partial charge on any atom is -0.375 e. The first-order valence-electron chi connectivity index (χ1n) is 9.98. The van der Waals surface area contributed by atoms with E-state index in [9.17, 15) is 0 Å². The highest BCUT2D eigenvalue weighted by molar-refractivity contribution is 14.0. The van der Waals surface area contributed by atoms with E-state index in [2.05, 4.69) is 75.9 Å². The first kappa shape index (κ1) is 24.7. The van der Waals surface area contributed by atoms with Gasteiger partial charge in [0.05, 0.1) is 12.7 Å². The zero-order valence-corrected chi connectivity index (χ0v) is 21.3. The molecule has 164 valence electrons. The molecule has 1 aromatic heterocycles. The third-order valence-electron chi connectivity index (χ3n) is 4.95. The average molecular weight is 542 g/mol. The highest BCUT2D eigenvalue weighted by Crippen LogP contribution is 2.21. The Kier molecular flexibility index (Phi) is 10.2. The summed E-state index contributed by atoms with van der Waals surface area (Å²) in [7, 11) is 1.79. The molecule has 0 amide bonds. The second-order valence-electron chi connectivity index (χ2n) is 7.25.